The minimum absolute atomic E-state index is 0.0366. The maximum Gasteiger partial charge on any atom is 0.303 e. The van der Waals surface area contributed by atoms with Gasteiger partial charge in [0.05, 0.1) is 0 Å². The third-order valence-corrected chi connectivity index (χ3v) is 9.32. The van der Waals surface area contributed by atoms with Gasteiger partial charge < -0.3 is 9.84 Å². The van der Waals surface area contributed by atoms with Crippen molar-refractivity contribution < 1.29 is 24.2 Å². The van der Waals surface area contributed by atoms with E-state index in [2.05, 4.69) is 20.8 Å². The zero-order chi connectivity index (χ0) is 21.4. The number of esters is 1. The van der Waals surface area contributed by atoms with Gasteiger partial charge in [0.25, 0.3) is 0 Å². The van der Waals surface area contributed by atoms with Crippen LogP contribution in [0.5, 0.6) is 0 Å². The maximum atomic E-state index is 12.8. The van der Waals surface area contributed by atoms with E-state index >= 15 is 0 Å². The molecule has 4 aliphatic rings. The highest BCUT2D eigenvalue weighted by atomic mass is 16.6. The second kappa shape index (κ2) is 6.50. The third kappa shape index (κ3) is 2.65. The van der Waals surface area contributed by atoms with Crippen LogP contribution in [0.2, 0.25) is 0 Å². The van der Waals surface area contributed by atoms with Gasteiger partial charge in [-0.1, -0.05) is 26.3 Å². The number of fused-ring (bicyclic) bond motifs is 5. The zero-order valence-electron chi connectivity index (χ0n) is 18.3. The first-order chi connectivity index (χ1) is 13.5. The normalized spacial score (nSPS) is 48.8. The molecule has 8 atom stereocenters. The van der Waals surface area contributed by atoms with Gasteiger partial charge in [-0.05, 0) is 80.6 Å². The maximum absolute atomic E-state index is 12.8. The Morgan fingerprint density at radius 2 is 1.79 bits per heavy atom. The van der Waals surface area contributed by atoms with Crippen LogP contribution in [-0.2, 0) is 19.1 Å². The first-order valence-electron chi connectivity index (χ1n) is 11.1. The van der Waals surface area contributed by atoms with Gasteiger partial charge in [0.15, 0.2) is 17.2 Å². The topological polar surface area (TPSA) is 80.7 Å². The molecule has 1 N–H and O–H groups in total. The van der Waals surface area contributed by atoms with Crippen molar-refractivity contribution in [3.63, 3.8) is 0 Å². The van der Waals surface area contributed by atoms with Crippen molar-refractivity contribution in [2.45, 2.75) is 84.8 Å². The number of ether oxygens (including phenoxy) is 1. The summed E-state index contributed by atoms with van der Waals surface area (Å²) in [5, 5.41) is 10.4. The second-order valence-corrected chi connectivity index (χ2v) is 10.6. The Morgan fingerprint density at radius 1 is 1.14 bits per heavy atom. The average Bonchev–Trinajstić information content (AvgIpc) is 2.91. The molecule has 0 radical (unpaired) electrons. The van der Waals surface area contributed by atoms with E-state index in [0.29, 0.717) is 30.6 Å². The summed E-state index contributed by atoms with van der Waals surface area (Å²) in [7, 11) is 0. The number of Topliss-reactive ketones (excluding diaryl/α,β-unsaturated/α-hetero) is 1. The molecule has 4 aliphatic carbocycles. The summed E-state index contributed by atoms with van der Waals surface area (Å²) in [6.07, 6.45) is 5.52. The summed E-state index contributed by atoms with van der Waals surface area (Å²) < 4.78 is 5.82. The number of ketones is 2. The van der Waals surface area contributed by atoms with Crippen molar-refractivity contribution in [3.8, 4) is 0 Å². The fraction of sp³-hybridized carbons (Fsp3) is 0.792. The Kier molecular flexibility index (Phi) is 4.66. The van der Waals surface area contributed by atoms with Crippen molar-refractivity contribution in [2.24, 2.45) is 34.5 Å². The van der Waals surface area contributed by atoms with Crippen LogP contribution in [0.25, 0.3) is 0 Å². The van der Waals surface area contributed by atoms with Crippen LogP contribution in [0.4, 0.5) is 0 Å². The SMILES string of the molecule is CC(=O)O[C@]1(C(C)=O)CC[C@H]2[C@@H]3C[C@H](C)C4=CC(=O)[C@@H](O)C[C@]4(C)[C@H]3CC[C@@]21C. The molecule has 0 aromatic rings. The summed E-state index contributed by atoms with van der Waals surface area (Å²) in [5.41, 5.74) is -0.351. The lowest BCUT2D eigenvalue weighted by molar-refractivity contribution is -0.188. The lowest BCUT2D eigenvalue weighted by atomic mass is 9.44. The molecule has 0 unspecified atom stereocenters. The fourth-order valence-corrected chi connectivity index (χ4v) is 8.11. The Labute approximate surface area is 173 Å². The van der Waals surface area contributed by atoms with Crippen molar-refractivity contribution in [1.29, 1.82) is 0 Å². The second-order valence-electron chi connectivity index (χ2n) is 10.6. The molecule has 0 spiro atoms. The molecule has 0 amide bonds. The number of carbonyl (C=O) groups is 3. The lowest BCUT2D eigenvalue weighted by Crippen LogP contribution is -2.59. The summed E-state index contributed by atoms with van der Waals surface area (Å²) in [4.78, 5) is 36.9. The van der Waals surface area contributed by atoms with Crippen LogP contribution in [-0.4, -0.2) is 34.3 Å². The van der Waals surface area contributed by atoms with E-state index in [-0.39, 0.29) is 34.3 Å². The van der Waals surface area contributed by atoms with Crippen molar-refractivity contribution >= 4 is 17.5 Å². The van der Waals surface area contributed by atoms with Crippen LogP contribution < -0.4 is 0 Å². The number of rotatable bonds is 2. The van der Waals surface area contributed by atoms with Gasteiger partial charge in [0, 0.05) is 12.3 Å². The summed E-state index contributed by atoms with van der Waals surface area (Å²) >= 11 is 0. The predicted molar refractivity (Wildman–Crippen MR) is 108 cm³/mol. The first-order valence-corrected chi connectivity index (χ1v) is 11.1. The molecular formula is C24H34O5. The van der Waals surface area contributed by atoms with Gasteiger partial charge >= 0.3 is 5.97 Å². The monoisotopic (exact) mass is 402 g/mol. The molecule has 0 aromatic carbocycles. The van der Waals surface area contributed by atoms with Crippen LogP contribution in [0, 0.1) is 34.5 Å². The Balaban J connectivity index is 1.74. The van der Waals surface area contributed by atoms with E-state index in [1.807, 2.05) is 0 Å². The van der Waals surface area contributed by atoms with E-state index in [9.17, 15) is 19.5 Å². The summed E-state index contributed by atoms with van der Waals surface area (Å²) in [5.74, 6) is 0.794. The van der Waals surface area contributed by atoms with Crippen LogP contribution in [0.1, 0.15) is 73.1 Å². The minimum Gasteiger partial charge on any atom is -0.451 e. The standard InChI is InChI=1S/C24H34O5/c1-13-10-16-17(22(4)12-21(28)20(27)11-19(13)22)6-8-23(5)18(16)7-9-24(23,14(2)25)29-15(3)26/h11,13,16-18,21,28H,6-10,12H2,1-5H3/t13-,16+,17-,18-,21-,22+,23-,24-/m0/s1. The highest BCUT2D eigenvalue weighted by Gasteiger charge is 2.68. The third-order valence-electron chi connectivity index (χ3n) is 9.32. The van der Waals surface area contributed by atoms with E-state index < -0.39 is 11.7 Å². The predicted octanol–water partition coefficient (Wildman–Crippen LogP) is 3.63. The number of hydrogen-bond donors (Lipinski definition) is 1. The van der Waals surface area contributed by atoms with Crippen LogP contribution in [0.3, 0.4) is 0 Å². The van der Waals surface area contributed by atoms with E-state index in [4.69, 9.17) is 4.74 Å². The molecule has 3 saturated carbocycles. The zero-order valence-corrected chi connectivity index (χ0v) is 18.3. The van der Waals surface area contributed by atoms with Crippen molar-refractivity contribution in [1.82, 2.24) is 0 Å². The quantitative estimate of drug-likeness (QED) is 0.714. The Bertz CT molecular complexity index is 799. The van der Waals surface area contributed by atoms with Gasteiger partial charge in [-0.2, -0.15) is 0 Å². The molecular weight excluding hydrogens is 368 g/mol. The fourth-order valence-electron chi connectivity index (χ4n) is 8.11. The van der Waals surface area contributed by atoms with Crippen molar-refractivity contribution in [2.75, 3.05) is 0 Å². The molecule has 3 fully saturated rings. The molecule has 0 aliphatic heterocycles. The van der Waals surface area contributed by atoms with Crippen molar-refractivity contribution in [3.05, 3.63) is 11.6 Å². The number of aliphatic hydroxyl groups is 1. The van der Waals surface area contributed by atoms with Crippen LogP contribution >= 0.6 is 0 Å². The molecule has 29 heavy (non-hydrogen) atoms. The van der Waals surface area contributed by atoms with Gasteiger partial charge in [-0.3, -0.25) is 14.4 Å². The van der Waals surface area contributed by atoms with Gasteiger partial charge in [-0.15, -0.1) is 0 Å². The Hall–Kier alpha value is -1.49. The smallest absolute Gasteiger partial charge is 0.303 e. The molecule has 160 valence electrons. The van der Waals surface area contributed by atoms with Gasteiger partial charge in [0.2, 0.25) is 0 Å². The molecule has 0 saturated heterocycles. The van der Waals surface area contributed by atoms with Crippen LogP contribution in [0.15, 0.2) is 11.6 Å². The Morgan fingerprint density at radius 3 is 2.41 bits per heavy atom. The molecule has 5 heteroatoms. The molecule has 0 heterocycles. The highest BCUT2D eigenvalue weighted by Crippen LogP contribution is 2.69. The molecule has 0 aromatic heterocycles. The van der Waals surface area contributed by atoms with Gasteiger partial charge in [-0.25, -0.2) is 0 Å². The summed E-state index contributed by atoms with van der Waals surface area (Å²) in [6, 6.07) is 0. The minimum atomic E-state index is -1.02. The number of aliphatic hydroxyl groups excluding tert-OH is 1. The number of carbonyl (C=O) groups excluding carboxylic acids is 3. The largest absolute Gasteiger partial charge is 0.451 e. The average molecular weight is 403 g/mol. The lowest BCUT2D eigenvalue weighted by Gasteiger charge is -2.60. The highest BCUT2D eigenvalue weighted by molar-refractivity contribution is 5.95. The number of allylic oxidation sites excluding steroid dienone is 1. The van der Waals surface area contributed by atoms with E-state index in [0.717, 1.165) is 25.7 Å². The first kappa shape index (κ1) is 20.8. The van der Waals surface area contributed by atoms with Gasteiger partial charge in [0.1, 0.15) is 6.10 Å². The summed E-state index contributed by atoms with van der Waals surface area (Å²) in [6.45, 7) is 9.54. The number of hydrogen-bond acceptors (Lipinski definition) is 5. The molecule has 0 bridgehead atoms. The molecule has 5 nitrogen and oxygen atoms in total. The molecule has 4 rings (SSSR count). The van der Waals surface area contributed by atoms with E-state index in [1.165, 1.54) is 12.5 Å². The van der Waals surface area contributed by atoms with E-state index in [1.54, 1.807) is 13.0 Å².